The number of pyridine rings is 1. The molecule has 1 aromatic heterocycles. The Morgan fingerprint density at radius 2 is 1.84 bits per heavy atom. The number of rotatable bonds is 3. The molecular weight excluding hydrogens is 421 g/mol. The fourth-order valence-electron chi connectivity index (χ4n) is 4.36. The van der Waals surface area contributed by atoms with Gasteiger partial charge in [-0.25, -0.2) is 4.39 Å². The minimum absolute atomic E-state index is 0.0156. The summed E-state index contributed by atoms with van der Waals surface area (Å²) < 4.78 is 13.2. The van der Waals surface area contributed by atoms with E-state index < -0.39 is 5.56 Å². The van der Waals surface area contributed by atoms with Crippen molar-refractivity contribution in [2.45, 2.75) is 33.2 Å². The molecule has 0 unspecified atom stereocenters. The Labute approximate surface area is 185 Å². The molecule has 164 valence electrons. The first-order valence-corrected chi connectivity index (χ1v) is 10.8. The van der Waals surface area contributed by atoms with E-state index in [-0.39, 0.29) is 28.5 Å². The van der Waals surface area contributed by atoms with E-state index in [9.17, 15) is 18.8 Å². The first-order chi connectivity index (χ1) is 14.6. The predicted molar refractivity (Wildman–Crippen MR) is 116 cm³/mol. The van der Waals surface area contributed by atoms with E-state index in [1.54, 1.807) is 11.0 Å². The second kappa shape index (κ2) is 8.20. The smallest absolute Gasteiger partial charge is 0.261 e. The van der Waals surface area contributed by atoms with Gasteiger partial charge in [0.2, 0.25) is 0 Å². The first-order valence-electron chi connectivity index (χ1n) is 10.4. The third kappa shape index (κ3) is 4.57. The van der Waals surface area contributed by atoms with Gasteiger partial charge in [0, 0.05) is 55.4 Å². The summed E-state index contributed by atoms with van der Waals surface area (Å²) in [6.45, 7) is 6.66. The number of halogens is 2. The zero-order valence-corrected chi connectivity index (χ0v) is 18.4. The number of Topliss-reactive ketones (excluding diaryl/α,β-unsaturated/α-hetero) is 1. The normalized spacial score (nSPS) is 18.7. The monoisotopic (exact) mass is 445 g/mol. The molecule has 31 heavy (non-hydrogen) atoms. The molecule has 1 saturated heterocycles. The van der Waals surface area contributed by atoms with Crippen LogP contribution in [0, 0.1) is 11.2 Å². The van der Waals surface area contributed by atoms with Crippen LogP contribution in [0.5, 0.6) is 0 Å². The highest BCUT2D eigenvalue weighted by molar-refractivity contribution is 6.31. The van der Waals surface area contributed by atoms with Crippen LogP contribution in [0.4, 0.5) is 4.39 Å². The summed E-state index contributed by atoms with van der Waals surface area (Å²) in [5.41, 5.74) is 1.25. The van der Waals surface area contributed by atoms with Crippen LogP contribution in [0.25, 0.3) is 0 Å². The van der Waals surface area contributed by atoms with Crippen molar-refractivity contribution in [3.63, 3.8) is 0 Å². The minimum atomic E-state index is -0.449. The SMILES string of the molecule is CC1(C)CC(=O)c2cc(C(=O)N3CCN(Cc4ccc(F)cc4Cl)CC3)c(=O)[nH]c2C1. The molecule has 2 aromatic rings. The lowest BCUT2D eigenvalue weighted by atomic mass is 9.75. The second-order valence-electron chi connectivity index (χ2n) is 9.15. The summed E-state index contributed by atoms with van der Waals surface area (Å²) in [5, 5.41) is 0.381. The molecule has 6 nitrogen and oxygen atoms in total. The van der Waals surface area contributed by atoms with Crippen LogP contribution >= 0.6 is 11.6 Å². The molecule has 1 aliphatic carbocycles. The highest BCUT2D eigenvalue weighted by Gasteiger charge is 2.33. The van der Waals surface area contributed by atoms with E-state index in [4.69, 9.17) is 11.6 Å². The van der Waals surface area contributed by atoms with Gasteiger partial charge in [-0.1, -0.05) is 31.5 Å². The van der Waals surface area contributed by atoms with E-state index in [0.717, 1.165) is 5.56 Å². The summed E-state index contributed by atoms with van der Waals surface area (Å²) in [7, 11) is 0. The number of carbonyl (C=O) groups is 2. The Morgan fingerprint density at radius 3 is 2.52 bits per heavy atom. The van der Waals surface area contributed by atoms with E-state index >= 15 is 0 Å². The number of aromatic amines is 1. The number of carbonyl (C=O) groups excluding carboxylic acids is 2. The average Bonchev–Trinajstić information content (AvgIpc) is 2.69. The molecule has 1 fully saturated rings. The van der Waals surface area contributed by atoms with Gasteiger partial charge in [-0.05, 0) is 35.6 Å². The fraction of sp³-hybridized carbons (Fsp3) is 0.435. The van der Waals surface area contributed by atoms with Crippen molar-refractivity contribution >= 4 is 23.3 Å². The van der Waals surface area contributed by atoms with Gasteiger partial charge in [-0.2, -0.15) is 0 Å². The van der Waals surface area contributed by atoms with Crippen LogP contribution in [0.2, 0.25) is 5.02 Å². The molecule has 1 N–H and O–H groups in total. The van der Waals surface area contributed by atoms with E-state index in [1.807, 2.05) is 13.8 Å². The molecule has 4 rings (SSSR count). The summed E-state index contributed by atoms with van der Waals surface area (Å²) in [5.74, 6) is -0.778. The topological polar surface area (TPSA) is 73.5 Å². The second-order valence-corrected chi connectivity index (χ2v) is 9.56. The number of nitrogens with one attached hydrogen (secondary N) is 1. The fourth-order valence-corrected chi connectivity index (χ4v) is 4.58. The van der Waals surface area contributed by atoms with Crippen LogP contribution < -0.4 is 5.56 Å². The third-order valence-electron chi connectivity index (χ3n) is 6.02. The molecule has 2 heterocycles. The number of piperazine rings is 1. The summed E-state index contributed by atoms with van der Waals surface area (Å²) >= 11 is 6.12. The van der Waals surface area contributed by atoms with Gasteiger partial charge in [0.25, 0.3) is 11.5 Å². The van der Waals surface area contributed by atoms with Gasteiger partial charge >= 0.3 is 0 Å². The maximum absolute atomic E-state index is 13.2. The van der Waals surface area contributed by atoms with E-state index in [2.05, 4.69) is 9.88 Å². The van der Waals surface area contributed by atoms with Crippen LogP contribution in [-0.2, 0) is 13.0 Å². The van der Waals surface area contributed by atoms with Crippen LogP contribution in [-0.4, -0.2) is 52.7 Å². The number of benzene rings is 1. The van der Waals surface area contributed by atoms with Gasteiger partial charge in [-0.15, -0.1) is 0 Å². The number of amides is 1. The van der Waals surface area contributed by atoms with Gasteiger partial charge < -0.3 is 9.88 Å². The Balaban J connectivity index is 1.45. The number of ketones is 1. The minimum Gasteiger partial charge on any atom is -0.336 e. The zero-order chi connectivity index (χ0) is 22.3. The number of aromatic nitrogens is 1. The van der Waals surface area contributed by atoms with E-state index in [0.29, 0.717) is 61.8 Å². The summed E-state index contributed by atoms with van der Waals surface area (Å²) in [6, 6.07) is 5.81. The van der Waals surface area contributed by atoms with Crippen LogP contribution in [0.1, 0.15) is 52.2 Å². The van der Waals surface area contributed by atoms with Gasteiger partial charge in [0.15, 0.2) is 5.78 Å². The Morgan fingerprint density at radius 1 is 1.13 bits per heavy atom. The van der Waals surface area contributed by atoms with E-state index in [1.165, 1.54) is 18.2 Å². The van der Waals surface area contributed by atoms with Crippen LogP contribution in [0.3, 0.4) is 0 Å². The average molecular weight is 446 g/mol. The zero-order valence-electron chi connectivity index (χ0n) is 17.6. The number of H-pyrrole nitrogens is 1. The predicted octanol–water partition coefficient (Wildman–Crippen LogP) is 3.28. The summed E-state index contributed by atoms with van der Waals surface area (Å²) in [6.07, 6.45) is 0.993. The lowest BCUT2D eigenvalue weighted by Crippen LogP contribution is -2.49. The molecule has 0 atom stereocenters. The molecule has 0 radical (unpaired) electrons. The van der Waals surface area contributed by atoms with Gasteiger partial charge in [-0.3, -0.25) is 19.3 Å². The number of nitrogens with zero attached hydrogens (tertiary/aromatic N) is 2. The third-order valence-corrected chi connectivity index (χ3v) is 6.37. The lowest BCUT2D eigenvalue weighted by Gasteiger charge is -2.35. The highest BCUT2D eigenvalue weighted by atomic mass is 35.5. The molecule has 8 heteroatoms. The molecule has 1 aromatic carbocycles. The molecule has 1 amide bonds. The largest absolute Gasteiger partial charge is 0.336 e. The Kier molecular flexibility index (Phi) is 5.75. The molecule has 0 spiro atoms. The number of hydrogen-bond donors (Lipinski definition) is 1. The van der Waals surface area contributed by atoms with Crippen molar-refractivity contribution in [1.82, 2.24) is 14.8 Å². The van der Waals surface area contributed by atoms with Crippen LogP contribution in [0.15, 0.2) is 29.1 Å². The standard InChI is InChI=1S/C23H25ClFN3O3/c1-23(2)11-19-16(20(29)12-23)10-17(21(30)26-19)22(31)28-7-5-27(6-8-28)13-14-3-4-15(25)9-18(14)24/h3-4,9-10H,5-8,11-13H2,1-2H3,(H,26,30). The van der Waals surface area contributed by atoms with Crippen molar-refractivity contribution in [1.29, 1.82) is 0 Å². The molecule has 0 saturated carbocycles. The quantitative estimate of drug-likeness (QED) is 0.786. The molecule has 0 bridgehead atoms. The van der Waals surface area contributed by atoms with Gasteiger partial charge in [0.05, 0.1) is 0 Å². The Bertz CT molecular complexity index is 1100. The lowest BCUT2D eigenvalue weighted by molar-refractivity contribution is 0.0626. The summed E-state index contributed by atoms with van der Waals surface area (Å²) in [4.78, 5) is 44.7. The number of fused-ring (bicyclic) bond motifs is 1. The molecular formula is C23H25ClFN3O3. The highest BCUT2D eigenvalue weighted by Crippen LogP contribution is 2.33. The molecule has 2 aliphatic rings. The van der Waals surface area contributed by atoms with Crippen molar-refractivity contribution in [2.24, 2.45) is 5.41 Å². The van der Waals surface area contributed by atoms with Crippen molar-refractivity contribution in [2.75, 3.05) is 26.2 Å². The first kappa shape index (κ1) is 21.7. The van der Waals surface area contributed by atoms with Crippen molar-refractivity contribution < 1.29 is 14.0 Å². The van der Waals surface area contributed by atoms with Gasteiger partial charge in [0.1, 0.15) is 11.4 Å². The van der Waals surface area contributed by atoms with Crippen molar-refractivity contribution in [3.8, 4) is 0 Å². The van der Waals surface area contributed by atoms with Crippen molar-refractivity contribution in [3.05, 3.63) is 67.8 Å². The maximum atomic E-state index is 13.2. The maximum Gasteiger partial charge on any atom is 0.261 e. The molecule has 1 aliphatic heterocycles. The Hall–Kier alpha value is -2.51. The number of hydrogen-bond acceptors (Lipinski definition) is 4.